The maximum Gasteiger partial charge on any atom is 0.418 e. The molecule has 0 spiro atoms. The summed E-state index contributed by atoms with van der Waals surface area (Å²) < 4.78 is 41.8. The highest BCUT2D eigenvalue weighted by molar-refractivity contribution is 7.80. The number of hydroxylamine groups is 2. The number of carbonyl (C=O) groups excluding carboxylic acids is 2. The quantitative estimate of drug-likeness (QED) is 0.0549. The number of nitrogen functional groups attached to an aromatic ring is 1. The number of amidine groups is 1. The second kappa shape index (κ2) is 14.7. The fourth-order valence-corrected chi connectivity index (χ4v) is 7.37. The largest absolute Gasteiger partial charge is 0.485 e. The van der Waals surface area contributed by atoms with E-state index in [0.29, 0.717) is 29.0 Å². The van der Waals surface area contributed by atoms with Crippen LogP contribution in [0, 0.1) is 5.92 Å². The molecule has 3 heterocycles. The predicted molar refractivity (Wildman–Crippen MR) is 185 cm³/mol. The lowest BCUT2D eigenvalue weighted by Gasteiger charge is -2.50. The molecule has 1 aromatic heterocycles. The number of carboxylic acids is 1. The number of fused-ring (bicyclic) bond motifs is 1. The molecule has 0 radical (unpaired) electrons. The third-order valence-corrected chi connectivity index (χ3v) is 10.4. The van der Waals surface area contributed by atoms with Gasteiger partial charge in [0.1, 0.15) is 23.3 Å². The minimum Gasteiger partial charge on any atom is -0.485 e. The summed E-state index contributed by atoms with van der Waals surface area (Å²) in [7, 11) is -3.07. The molecule has 1 saturated carbocycles. The van der Waals surface area contributed by atoms with Gasteiger partial charge >= 0.3 is 16.4 Å². The summed E-state index contributed by atoms with van der Waals surface area (Å²) in [5.74, 6) is -1.92. The Bertz CT molecular complexity index is 1840. The van der Waals surface area contributed by atoms with Gasteiger partial charge in [0.25, 0.3) is 17.4 Å². The van der Waals surface area contributed by atoms with Crippen molar-refractivity contribution < 1.29 is 46.3 Å². The zero-order valence-electron chi connectivity index (χ0n) is 28.5. The number of amides is 2. The summed E-state index contributed by atoms with van der Waals surface area (Å²) in [5, 5.41) is 21.7. The van der Waals surface area contributed by atoms with Crippen LogP contribution in [0.15, 0.2) is 33.7 Å². The van der Waals surface area contributed by atoms with Crippen LogP contribution in [-0.4, -0.2) is 100 Å². The highest BCUT2D eigenvalue weighted by Gasteiger charge is 2.58. The van der Waals surface area contributed by atoms with E-state index in [1.54, 1.807) is 12.1 Å². The highest BCUT2D eigenvalue weighted by atomic mass is 32.3. The number of aryl methyl sites for hydroxylation is 1. The Balaban J connectivity index is 1.31. The first-order valence-electron chi connectivity index (χ1n) is 16.2. The number of nitrogens with one attached hydrogen (secondary N) is 2. The SMILES string of the molecule is CNCC1CCC(N=C(N)c2ccc3c(c2)CC[C@H]([C@](C)(O/N=C(\C(=O)N[C@@H]2C(=O)N(OS(=O)(=O)O)C2(C)C)c2csc(N)n2)C(=O)O)O3)CC1. The molecule has 1 aliphatic carbocycles. The van der Waals surface area contributed by atoms with Crippen LogP contribution in [0.3, 0.4) is 0 Å². The molecule has 0 unspecified atom stereocenters. The number of hydrogen-bond acceptors (Lipinski definition) is 14. The standard InChI is InChI=1S/C31H42N8O10S2/c1-30(2)24(27(41)39(30)49-51(44,45)46)37-26(40)23(20-15-50-29(33)36-20)38-48-31(3,28(42)43)22-12-8-17-13-18(7-11-21(17)47-22)25(32)35-19-9-5-16(6-10-19)14-34-4/h7,11,13,15-16,19,22,24,34H,5-6,8-10,12,14H2,1-4H3,(H2,32,35)(H2,33,36)(H,37,40)(H,42,43)(H,44,45,46)/b38-23-/t16?,19?,22-,24-,31+/m1/s1. The third kappa shape index (κ3) is 8.25. The average molecular weight is 751 g/mol. The minimum absolute atomic E-state index is 0.0634. The molecule has 0 bridgehead atoms. The summed E-state index contributed by atoms with van der Waals surface area (Å²) in [6.45, 7) is 5.00. The van der Waals surface area contributed by atoms with E-state index in [9.17, 15) is 27.9 Å². The Morgan fingerprint density at radius 2 is 1.94 bits per heavy atom. The van der Waals surface area contributed by atoms with Gasteiger partial charge in [-0.1, -0.05) is 5.16 Å². The van der Waals surface area contributed by atoms with Crippen LogP contribution in [0.4, 0.5) is 5.13 Å². The zero-order chi connectivity index (χ0) is 37.3. The number of carbonyl (C=O) groups is 3. The zero-order valence-corrected chi connectivity index (χ0v) is 30.1. The molecule has 2 aromatic rings. The number of benzene rings is 1. The average Bonchev–Trinajstić information content (AvgIpc) is 3.51. The molecule has 18 nitrogen and oxygen atoms in total. The Morgan fingerprint density at radius 1 is 1.24 bits per heavy atom. The van der Waals surface area contributed by atoms with Crippen LogP contribution >= 0.6 is 11.3 Å². The molecule has 2 amide bonds. The van der Waals surface area contributed by atoms with Crippen LogP contribution in [0.25, 0.3) is 0 Å². The van der Waals surface area contributed by atoms with Crippen LogP contribution in [0.2, 0.25) is 0 Å². The molecule has 3 atom stereocenters. The Hall–Kier alpha value is -4.37. The summed E-state index contributed by atoms with van der Waals surface area (Å²) >= 11 is 0.970. The van der Waals surface area contributed by atoms with Crippen LogP contribution in [-0.2, 0) is 40.3 Å². The van der Waals surface area contributed by atoms with Crippen molar-refractivity contribution in [3.8, 4) is 5.75 Å². The van der Waals surface area contributed by atoms with Gasteiger partial charge in [-0.3, -0.25) is 19.1 Å². The van der Waals surface area contributed by atoms with Crippen LogP contribution in [0.1, 0.15) is 69.7 Å². The molecular formula is C31H42N8O10S2. The van der Waals surface area contributed by atoms with E-state index in [2.05, 4.69) is 25.1 Å². The Labute approximate surface area is 298 Å². The van der Waals surface area contributed by atoms with E-state index in [4.69, 9.17) is 30.6 Å². The van der Waals surface area contributed by atoms with Gasteiger partial charge in [-0.15, -0.1) is 15.6 Å². The van der Waals surface area contributed by atoms with Gasteiger partial charge in [-0.25, -0.2) is 9.78 Å². The molecule has 2 fully saturated rings. The minimum atomic E-state index is -5.03. The van der Waals surface area contributed by atoms with Crippen molar-refractivity contribution in [3.63, 3.8) is 0 Å². The topological polar surface area (TPSA) is 270 Å². The van der Waals surface area contributed by atoms with Crippen LogP contribution < -0.4 is 26.8 Å². The number of rotatable bonds is 13. The number of aromatic nitrogens is 1. The smallest absolute Gasteiger partial charge is 0.418 e. The van der Waals surface area contributed by atoms with E-state index in [0.717, 1.165) is 54.7 Å². The van der Waals surface area contributed by atoms with Gasteiger partial charge in [0.2, 0.25) is 0 Å². The van der Waals surface area contributed by atoms with Crippen molar-refractivity contribution in [2.45, 2.75) is 88.6 Å². The second-order valence-electron chi connectivity index (χ2n) is 13.4. The molecule has 2 aliphatic heterocycles. The highest BCUT2D eigenvalue weighted by Crippen LogP contribution is 2.36. The third-order valence-electron chi connectivity index (χ3n) is 9.40. The molecule has 3 aliphatic rings. The van der Waals surface area contributed by atoms with E-state index in [1.165, 1.54) is 26.2 Å². The van der Waals surface area contributed by atoms with Crippen molar-refractivity contribution in [1.82, 2.24) is 20.7 Å². The van der Waals surface area contributed by atoms with Crippen molar-refractivity contribution in [1.29, 1.82) is 0 Å². The number of carboxylic acid groups (broad SMARTS) is 1. The maximum atomic E-state index is 13.5. The monoisotopic (exact) mass is 750 g/mol. The molecular weight excluding hydrogens is 709 g/mol. The molecule has 278 valence electrons. The normalized spacial score (nSPS) is 24.8. The number of thiazole rings is 1. The fourth-order valence-electron chi connectivity index (χ4n) is 6.37. The Morgan fingerprint density at radius 3 is 2.53 bits per heavy atom. The lowest BCUT2D eigenvalue weighted by Crippen LogP contribution is -2.76. The number of anilines is 1. The molecule has 8 N–H and O–H groups in total. The number of aliphatic carboxylic acids is 1. The van der Waals surface area contributed by atoms with Crippen molar-refractivity contribution in [2.75, 3.05) is 19.3 Å². The molecule has 51 heavy (non-hydrogen) atoms. The number of hydrogen-bond donors (Lipinski definition) is 6. The Kier molecular flexibility index (Phi) is 10.9. The van der Waals surface area contributed by atoms with Gasteiger partial charge < -0.3 is 36.8 Å². The van der Waals surface area contributed by atoms with E-state index >= 15 is 0 Å². The van der Waals surface area contributed by atoms with Gasteiger partial charge in [0.05, 0.1) is 11.6 Å². The fraction of sp³-hybridized carbons (Fsp3) is 0.548. The number of aliphatic imine (C=N–C) groups is 1. The number of β-lactam (4-membered cyclic amide) rings is 1. The van der Waals surface area contributed by atoms with Gasteiger partial charge in [0.15, 0.2) is 16.9 Å². The summed E-state index contributed by atoms with van der Waals surface area (Å²) in [5.41, 5.74) is 9.60. The number of nitrogens with zero attached hydrogens (tertiary/aromatic N) is 4. The molecule has 20 heteroatoms. The summed E-state index contributed by atoms with van der Waals surface area (Å²) in [6, 6.07) is 4.18. The predicted octanol–water partition coefficient (Wildman–Crippen LogP) is 1.01. The van der Waals surface area contributed by atoms with Crippen LogP contribution in [0.5, 0.6) is 5.75 Å². The molecule has 1 saturated heterocycles. The lowest BCUT2D eigenvalue weighted by atomic mass is 9.84. The van der Waals surface area contributed by atoms with Crippen molar-refractivity contribution in [3.05, 3.63) is 40.4 Å². The lowest BCUT2D eigenvalue weighted by molar-refractivity contribution is -0.218. The van der Waals surface area contributed by atoms with E-state index in [-0.39, 0.29) is 23.3 Å². The number of oxime groups is 1. The van der Waals surface area contributed by atoms with Crippen molar-refractivity contribution in [2.24, 2.45) is 21.8 Å². The molecule has 5 rings (SSSR count). The van der Waals surface area contributed by atoms with E-state index < -0.39 is 57.2 Å². The number of nitrogens with two attached hydrogens (primary N) is 2. The first kappa shape index (κ1) is 37.9. The number of ether oxygens (including phenoxy) is 1. The van der Waals surface area contributed by atoms with Gasteiger partial charge in [0, 0.05) is 10.9 Å². The van der Waals surface area contributed by atoms with Gasteiger partial charge in [-0.2, -0.15) is 13.5 Å². The first-order chi connectivity index (χ1) is 23.9. The molecule has 1 aromatic carbocycles. The maximum absolute atomic E-state index is 13.5. The first-order valence-corrected chi connectivity index (χ1v) is 18.5. The summed E-state index contributed by atoms with van der Waals surface area (Å²) in [6.07, 6.45) is 3.70. The summed E-state index contributed by atoms with van der Waals surface area (Å²) in [4.78, 5) is 53.2. The van der Waals surface area contributed by atoms with Gasteiger partial charge in [-0.05, 0) is 103 Å². The van der Waals surface area contributed by atoms with E-state index in [1.807, 2.05) is 13.1 Å². The second-order valence-corrected chi connectivity index (χ2v) is 15.3. The van der Waals surface area contributed by atoms with Crippen molar-refractivity contribution >= 4 is 56.2 Å².